The molecule has 2 bridgehead atoms. The van der Waals surface area contributed by atoms with Crippen LogP contribution in [0.5, 0.6) is 0 Å². The lowest BCUT2D eigenvalue weighted by atomic mass is 9.83. The SMILES string of the molecule is CC(C)/C=C\C(O)(C(=O)OC1CN2CCC1CC2)C1CCCC1. The predicted molar refractivity (Wildman–Crippen MR) is 89.9 cm³/mol. The smallest absolute Gasteiger partial charge is 0.342 e. The lowest BCUT2D eigenvalue weighted by Crippen LogP contribution is -2.54. The lowest BCUT2D eigenvalue weighted by molar-refractivity contribution is -0.180. The second-order valence-electron chi connectivity index (χ2n) is 7.99. The average Bonchev–Trinajstić information content (AvgIpc) is 3.08. The number of piperidine rings is 3. The molecule has 3 aliphatic heterocycles. The Morgan fingerprint density at radius 3 is 2.39 bits per heavy atom. The second kappa shape index (κ2) is 6.94. The molecule has 4 heteroatoms. The maximum atomic E-state index is 12.9. The van der Waals surface area contributed by atoms with Gasteiger partial charge >= 0.3 is 5.97 Å². The Morgan fingerprint density at radius 1 is 1.22 bits per heavy atom. The van der Waals surface area contributed by atoms with Crippen LogP contribution in [0, 0.1) is 17.8 Å². The van der Waals surface area contributed by atoms with Gasteiger partial charge in [-0.3, -0.25) is 4.90 Å². The van der Waals surface area contributed by atoms with Gasteiger partial charge in [0.05, 0.1) is 0 Å². The number of rotatable bonds is 5. The molecule has 4 fully saturated rings. The third kappa shape index (κ3) is 3.63. The van der Waals surface area contributed by atoms with Crippen LogP contribution in [-0.4, -0.2) is 47.3 Å². The molecule has 0 radical (unpaired) electrons. The van der Waals surface area contributed by atoms with Crippen LogP contribution in [0.15, 0.2) is 12.2 Å². The van der Waals surface area contributed by atoms with E-state index >= 15 is 0 Å². The average molecular weight is 321 g/mol. The van der Waals surface area contributed by atoms with E-state index in [0.717, 1.165) is 58.2 Å². The fraction of sp³-hybridized carbons (Fsp3) is 0.842. The summed E-state index contributed by atoms with van der Waals surface area (Å²) in [5, 5.41) is 11.2. The van der Waals surface area contributed by atoms with Gasteiger partial charge in [0.2, 0.25) is 0 Å². The number of fused-ring (bicyclic) bond motifs is 3. The third-order valence-corrected chi connectivity index (χ3v) is 5.89. The maximum absolute atomic E-state index is 12.9. The van der Waals surface area contributed by atoms with Gasteiger partial charge in [-0.1, -0.05) is 32.8 Å². The van der Waals surface area contributed by atoms with Gasteiger partial charge < -0.3 is 9.84 Å². The van der Waals surface area contributed by atoms with Crippen molar-refractivity contribution in [2.24, 2.45) is 17.8 Å². The summed E-state index contributed by atoms with van der Waals surface area (Å²) in [7, 11) is 0. The molecule has 1 aliphatic carbocycles. The number of hydrogen-bond acceptors (Lipinski definition) is 4. The van der Waals surface area contributed by atoms with Crippen molar-refractivity contribution in [2.75, 3.05) is 19.6 Å². The third-order valence-electron chi connectivity index (χ3n) is 5.89. The van der Waals surface area contributed by atoms with Gasteiger partial charge in [0, 0.05) is 12.5 Å². The minimum Gasteiger partial charge on any atom is -0.458 e. The number of ether oxygens (including phenoxy) is 1. The number of carbonyl (C=O) groups excluding carboxylic acids is 1. The molecule has 0 aromatic rings. The molecule has 0 spiro atoms. The molecule has 1 N–H and O–H groups in total. The predicted octanol–water partition coefficient (Wildman–Crippen LogP) is 2.76. The molecule has 23 heavy (non-hydrogen) atoms. The van der Waals surface area contributed by atoms with Crippen LogP contribution in [0.4, 0.5) is 0 Å². The Balaban J connectivity index is 1.72. The summed E-state index contributed by atoms with van der Waals surface area (Å²) in [4.78, 5) is 15.2. The van der Waals surface area contributed by atoms with Crippen LogP contribution in [0.2, 0.25) is 0 Å². The topological polar surface area (TPSA) is 49.8 Å². The van der Waals surface area contributed by atoms with Crippen molar-refractivity contribution in [1.29, 1.82) is 0 Å². The summed E-state index contributed by atoms with van der Waals surface area (Å²) in [6.45, 7) is 7.21. The van der Waals surface area contributed by atoms with Crippen LogP contribution in [-0.2, 0) is 9.53 Å². The molecule has 130 valence electrons. The first-order valence-corrected chi connectivity index (χ1v) is 9.34. The van der Waals surface area contributed by atoms with Crippen LogP contribution in [0.3, 0.4) is 0 Å². The van der Waals surface area contributed by atoms with Crippen LogP contribution < -0.4 is 0 Å². The second-order valence-corrected chi connectivity index (χ2v) is 7.99. The number of carbonyl (C=O) groups is 1. The van der Waals surface area contributed by atoms with E-state index in [2.05, 4.69) is 18.7 Å². The van der Waals surface area contributed by atoms with Crippen molar-refractivity contribution in [3.63, 3.8) is 0 Å². The Hall–Kier alpha value is -0.870. The summed E-state index contributed by atoms with van der Waals surface area (Å²) < 4.78 is 5.85. The zero-order valence-electron chi connectivity index (χ0n) is 14.5. The first-order chi connectivity index (χ1) is 11.0. The minimum atomic E-state index is -1.44. The van der Waals surface area contributed by atoms with E-state index in [4.69, 9.17) is 4.74 Å². The first kappa shape index (κ1) is 17.0. The Kier molecular flexibility index (Phi) is 5.12. The monoisotopic (exact) mass is 321 g/mol. The zero-order chi connectivity index (χ0) is 16.4. The van der Waals surface area contributed by atoms with Gasteiger partial charge in [-0.2, -0.15) is 0 Å². The van der Waals surface area contributed by atoms with Crippen LogP contribution in [0.25, 0.3) is 0 Å². The normalized spacial score (nSPS) is 34.2. The van der Waals surface area contributed by atoms with Gasteiger partial charge in [0.1, 0.15) is 6.10 Å². The summed E-state index contributed by atoms with van der Waals surface area (Å²) >= 11 is 0. The highest BCUT2D eigenvalue weighted by molar-refractivity contribution is 5.82. The fourth-order valence-corrected chi connectivity index (χ4v) is 4.35. The molecule has 4 nitrogen and oxygen atoms in total. The highest BCUT2D eigenvalue weighted by atomic mass is 16.6. The summed E-state index contributed by atoms with van der Waals surface area (Å²) in [5.41, 5.74) is -1.44. The van der Waals surface area contributed by atoms with Gasteiger partial charge in [-0.25, -0.2) is 4.79 Å². The van der Waals surface area contributed by atoms with Crippen LogP contribution >= 0.6 is 0 Å². The van der Waals surface area contributed by atoms with E-state index in [1.807, 2.05) is 6.08 Å². The molecule has 3 heterocycles. The largest absolute Gasteiger partial charge is 0.458 e. The van der Waals surface area contributed by atoms with Crippen molar-refractivity contribution in [3.8, 4) is 0 Å². The van der Waals surface area contributed by atoms with E-state index in [1.54, 1.807) is 6.08 Å². The molecule has 0 amide bonds. The van der Waals surface area contributed by atoms with E-state index in [9.17, 15) is 9.90 Å². The molecule has 0 aromatic carbocycles. The number of allylic oxidation sites excluding steroid dienone is 1. The standard InChI is InChI=1S/C19H31NO3/c1-14(2)7-10-19(22,16-5-3-4-6-16)18(21)23-17-13-20-11-8-15(17)9-12-20/h7,10,14-17,22H,3-6,8-9,11-13H2,1-2H3/b10-7-. The highest BCUT2D eigenvalue weighted by Crippen LogP contribution is 2.38. The number of esters is 1. The fourth-order valence-electron chi connectivity index (χ4n) is 4.35. The molecule has 2 atom stereocenters. The molecule has 4 rings (SSSR count). The quantitative estimate of drug-likeness (QED) is 0.625. The molecule has 4 aliphatic rings. The number of aliphatic hydroxyl groups is 1. The van der Waals surface area contributed by atoms with Crippen molar-refractivity contribution in [1.82, 2.24) is 4.90 Å². The summed E-state index contributed by atoms with van der Waals surface area (Å²) in [6.07, 6.45) is 9.86. The summed E-state index contributed by atoms with van der Waals surface area (Å²) in [6, 6.07) is 0. The molecular formula is C19H31NO3. The molecule has 1 saturated carbocycles. The molecular weight excluding hydrogens is 290 g/mol. The van der Waals surface area contributed by atoms with E-state index < -0.39 is 11.6 Å². The Bertz CT molecular complexity index is 448. The minimum absolute atomic E-state index is 0.00563. The van der Waals surface area contributed by atoms with Crippen molar-refractivity contribution < 1.29 is 14.6 Å². The van der Waals surface area contributed by atoms with Gasteiger partial charge in [0.15, 0.2) is 5.60 Å². The van der Waals surface area contributed by atoms with Crippen LogP contribution in [0.1, 0.15) is 52.4 Å². The Labute approximate surface area is 139 Å². The van der Waals surface area contributed by atoms with Crippen molar-refractivity contribution >= 4 is 5.97 Å². The van der Waals surface area contributed by atoms with Gasteiger partial charge in [-0.05, 0) is 56.7 Å². The highest BCUT2D eigenvalue weighted by Gasteiger charge is 2.46. The summed E-state index contributed by atoms with van der Waals surface area (Å²) in [5.74, 6) is 0.379. The van der Waals surface area contributed by atoms with Gasteiger partial charge in [-0.15, -0.1) is 0 Å². The molecule has 0 aromatic heterocycles. The van der Waals surface area contributed by atoms with E-state index in [1.165, 1.54) is 0 Å². The molecule has 2 unspecified atom stereocenters. The first-order valence-electron chi connectivity index (χ1n) is 9.34. The number of nitrogens with zero attached hydrogens (tertiary/aromatic N) is 1. The lowest BCUT2D eigenvalue weighted by Gasteiger charge is -2.44. The zero-order valence-corrected chi connectivity index (χ0v) is 14.5. The van der Waals surface area contributed by atoms with Crippen molar-refractivity contribution in [3.05, 3.63) is 12.2 Å². The number of hydrogen-bond donors (Lipinski definition) is 1. The molecule has 3 saturated heterocycles. The maximum Gasteiger partial charge on any atom is 0.342 e. The van der Waals surface area contributed by atoms with Crippen molar-refractivity contribution in [2.45, 2.75) is 64.1 Å². The van der Waals surface area contributed by atoms with E-state index in [0.29, 0.717) is 11.8 Å². The van der Waals surface area contributed by atoms with Gasteiger partial charge in [0.25, 0.3) is 0 Å². The van der Waals surface area contributed by atoms with E-state index in [-0.39, 0.29) is 12.0 Å². The Morgan fingerprint density at radius 2 is 1.87 bits per heavy atom.